The van der Waals surface area contributed by atoms with Crippen LogP contribution in [0.3, 0.4) is 0 Å². The molecule has 0 saturated heterocycles. The van der Waals surface area contributed by atoms with E-state index in [1.54, 1.807) is 25.4 Å². The van der Waals surface area contributed by atoms with Crippen molar-refractivity contribution in [3.63, 3.8) is 0 Å². The predicted octanol–water partition coefficient (Wildman–Crippen LogP) is 1.97. The lowest BCUT2D eigenvalue weighted by molar-refractivity contribution is 0.0827. The monoisotopic (exact) mass is 338 g/mol. The largest absolute Gasteiger partial charge is 0.345 e. The van der Waals surface area contributed by atoms with Crippen molar-refractivity contribution in [2.24, 2.45) is 0 Å². The van der Waals surface area contributed by atoms with Crippen LogP contribution in [0.25, 0.3) is 0 Å². The van der Waals surface area contributed by atoms with Crippen LogP contribution in [0.2, 0.25) is 0 Å². The molecule has 0 radical (unpaired) electrons. The van der Waals surface area contributed by atoms with Crippen molar-refractivity contribution >= 4 is 27.3 Å². The zero-order valence-electron chi connectivity index (χ0n) is 12.4. The fraction of sp³-hybridized carbons (Fsp3) is 0.267. The normalized spacial score (nSPS) is 11.4. The van der Waals surface area contributed by atoms with Gasteiger partial charge in [-0.05, 0) is 42.1 Å². The molecule has 118 valence electrons. The molecule has 2 aromatic rings. The summed E-state index contributed by atoms with van der Waals surface area (Å²) in [5.41, 5.74) is 0.461. The van der Waals surface area contributed by atoms with E-state index in [1.807, 2.05) is 17.5 Å². The molecule has 1 aromatic heterocycles. The number of hydrogen-bond acceptors (Lipinski definition) is 4. The molecule has 0 bridgehead atoms. The minimum Gasteiger partial charge on any atom is -0.345 e. The Balaban J connectivity index is 2.01. The van der Waals surface area contributed by atoms with Crippen LogP contribution in [-0.4, -0.2) is 39.9 Å². The van der Waals surface area contributed by atoms with Gasteiger partial charge < -0.3 is 4.90 Å². The van der Waals surface area contributed by atoms with Crippen LogP contribution in [0.1, 0.15) is 15.2 Å². The topological polar surface area (TPSA) is 66.5 Å². The smallest absolute Gasteiger partial charge is 0.253 e. The summed E-state index contributed by atoms with van der Waals surface area (Å²) in [5, 5.41) is 1.96. The Morgan fingerprint density at radius 3 is 2.41 bits per heavy atom. The fourth-order valence-electron chi connectivity index (χ4n) is 1.88. The molecule has 0 atom stereocenters. The molecular formula is C15H18N2O3S2. The third-order valence-corrected chi connectivity index (χ3v) is 5.47. The van der Waals surface area contributed by atoms with Gasteiger partial charge in [-0.1, -0.05) is 6.07 Å². The highest BCUT2D eigenvalue weighted by Crippen LogP contribution is 2.12. The van der Waals surface area contributed by atoms with Crippen LogP contribution in [0.15, 0.2) is 46.7 Å². The lowest BCUT2D eigenvalue weighted by Crippen LogP contribution is -2.26. The first-order valence-corrected chi connectivity index (χ1v) is 9.10. The molecule has 1 aromatic carbocycles. The minimum absolute atomic E-state index is 0.158. The van der Waals surface area contributed by atoms with Gasteiger partial charge in [0.1, 0.15) is 0 Å². The van der Waals surface area contributed by atoms with E-state index in [1.165, 1.54) is 29.2 Å². The van der Waals surface area contributed by atoms with Crippen LogP contribution in [0, 0.1) is 0 Å². The summed E-state index contributed by atoms with van der Waals surface area (Å²) in [4.78, 5) is 14.5. The molecule has 0 aliphatic carbocycles. The number of nitrogens with one attached hydrogen (secondary N) is 1. The summed E-state index contributed by atoms with van der Waals surface area (Å²) in [6.07, 6.45) is 0.661. The maximum Gasteiger partial charge on any atom is 0.253 e. The second-order valence-corrected chi connectivity index (χ2v) is 7.75. The summed E-state index contributed by atoms with van der Waals surface area (Å²) in [6.45, 7) is 0.348. The number of amides is 1. The van der Waals surface area contributed by atoms with E-state index >= 15 is 0 Å². The first-order valence-electron chi connectivity index (χ1n) is 6.74. The zero-order chi connectivity index (χ0) is 16.2. The molecule has 22 heavy (non-hydrogen) atoms. The highest BCUT2D eigenvalue weighted by molar-refractivity contribution is 7.89. The Morgan fingerprint density at radius 1 is 1.18 bits per heavy atom. The molecular weight excluding hydrogens is 320 g/mol. The number of nitrogens with zero attached hydrogens (tertiary/aromatic N) is 1. The second-order valence-electron chi connectivity index (χ2n) is 4.95. The number of hydrogen-bond donors (Lipinski definition) is 1. The van der Waals surface area contributed by atoms with Crippen LogP contribution in [0.5, 0.6) is 0 Å². The van der Waals surface area contributed by atoms with Crippen molar-refractivity contribution in [3.05, 3.63) is 52.2 Å². The van der Waals surface area contributed by atoms with E-state index in [0.29, 0.717) is 18.5 Å². The molecule has 1 amide bonds. The Kier molecular flexibility index (Phi) is 5.33. The molecule has 1 N–H and O–H groups in total. The van der Waals surface area contributed by atoms with Crippen molar-refractivity contribution in [2.45, 2.75) is 11.3 Å². The molecule has 0 aliphatic heterocycles. The average Bonchev–Trinajstić information content (AvgIpc) is 2.99. The van der Waals surface area contributed by atoms with E-state index < -0.39 is 10.0 Å². The molecule has 7 heteroatoms. The second kappa shape index (κ2) is 7.04. The number of carbonyl (C=O) groups is 1. The SMILES string of the molecule is CN(C)C(=O)c1ccc(S(=O)(=O)NCCc2cccs2)cc1. The van der Waals surface area contributed by atoms with E-state index in [4.69, 9.17) is 0 Å². The van der Waals surface area contributed by atoms with Crippen LogP contribution < -0.4 is 4.72 Å². The van der Waals surface area contributed by atoms with E-state index in [9.17, 15) is 13.2 Å². The lowest BCUT2D eigenvalue weighted by Gasteiger charge is -2.11. The Hall–Kier alpha value is -1.70. The van der Waals surface area contributed by atoms with Gasteiger partial charge in [0.2, 0.25) is 10.0 Å². The van der Waals surface area contributed by atoms with Crippen LogP contribution in [-0.2, 0) is 16.4 Å². The summed E-state index contributed by atoms with van der Waals surface area (Å²) in [7, 11) is -0.243. The van der Waals surface area contributed by atoms with Gasteiger partial charge in [-0.3, -0.25) is 4.79 Å². The van der Waals surface area contributed by atoms with E-state index in [0.717, 1.165) is 4.88 Å². The molecule has 0 saturated carbocycles. The first-order chi connectivity index (χ1) is 10.4. The van der Waals surface area contributed by atoms with Crippen molar-refractivity contribution in [2.75, 3.05) is 20.6 Å². The third kappa shape index (κ3) is 4.16. The summed E-state index contributed by atoms with van der Waals surface area (Å²) < 4.78 is 26.9. The molecule has 0 spiro atoms. The van der Waals surface area contributed by atoms with Crippen LogP contribution >= 0.6 is 11.3 Å². The Labute approximate surface area is 134 Å². The van der Waals surface area contributed by atoms with Gasteiger partial charge in [0.05, 0.1) is 4.90 Å². The van der Waals surface area contributed by atoms with Gasteiger partial charge in [0, 0.05) is 31.1 Å². The van der Waals surface area contributed by atoms with Gasteiger partial charge in [0.25, 0.3) is 5.91 Å². The number of rotatable bonds is 6. The van der Waals surface area contributed by atoms with Crippen molar-refractivity contribution in [3.8, 4) is 0 Å². The van der Waals surface area contributed by atoms with Crippen molar-refractivity contribution < 1.29 is 13.2 Å². The molecule has 0 unspecified atom stereocenters. The zero-order valence-corrected chi connectivity index (χ0v) is 14.1. The standard InChI is InChI=1S/C15H18N2O3S2/c1-17(2)15(18)12-5-7-14(8-6-12)22(19,20)16-10-9-13-4-3-11-21-13/h3-8,11,16H,9-10H2,1-2H3. The lowest BCUT2D eigenvalue weighted by atomic mass is 10.2. The maximum atomic E-state index is 12.2. The molecule has 0 fully saturated rings. The van der Waals surface area contributed by atoms with E-state index in [-0.39, 0.29) is 10.8 Å². The minimum atomic E-state index is -3.55. The number of thiophene rings is 1. The number of sulfonamides is 1. The number of benzene rings is 1. The summed E-state index contributed by atoms with van der Waals surface area (Å²) in [6, 6.07) is 9.86. The third-order valence-electron chi connectivity index (χ3n) is 3.06. The van der Waals surface area contributed by atoms with Gasteiger partial charge in [-0.15, -0.1) is 11.3 Å². The number of carbonyl (C=O) groups excluding carboxylic acids is 1. The molecule has 1 heterocycles. The van der Waals surface area contributed by atoms with E-state index in [2.05, 4.69) is 4.72 Å². The Morgan fingerprint density at radius 2 is 1.86 bits per heavy atom. The maximum absolute atomic E-state index is 12.2. The van der Waals surface area contributed by atoms with Gasteiger partial charge >= 0.3 is 0 Å². The van der Waals surface area contributed by atoms with Gasteiger partial charge in [-0.2, -0.15) is 0 Å². The summed E-state index contributed by atoms with van der Waals surface area (Å²) in [5.74, 6) is -0.158. The molecule has 0 aliphatic rings. The predicted molar refractivity (Wildman–Crippen MR) is 87.7 cm³/mol. The van der Waals surface area contributed by atoms with Gasteiger partial charge in [-0.25, -0.2) is 13.1 Å². The quantitative estimate of drug-likeness (QED) is 0.876. The highest BCUT2D eigenvalue weighted by Gasteiger charge is 2.15. The highest BCUT2D eigenvalue weighted by atomic mass is 32.2. The first kappa shape index (κ1) is 16.7. The van der Waals surface area contributed by atoms with Crippen LogP contribution in [0.4, 0.5) is 0 Å². The molecule has 5 nitrogen and oxygen atoms in total. The van der Waals surface area contributed by atoms with Crippen molar-refractivity contribution in [1.82, 2.24) is 9.62 Å². The van der Waals surface area contributed by atoms with Crippen molar-refractivity contribution in [1.29, 1.82) is 0 Å². The average molecular weight is 338 g/mol. The fourth-order valence-corrected chi connectivity index (χ4v) is 3.62. The Bertz CT molecular complexity index is 721. The van der Waals surface area contributed by atoms with Gasteiger partial charge in [0.15, 0.2) is 0 Å². The summed E-state index contributed by atoms with van der Waals surface area (Å²) >= 11 is 1.60. The molecule has 2 rings (SSSR count).